The third kappa shape index (κ3) is 6.53. The van der Waals surface area contributed by atoms with Gasteiger partial charge in [0.2, 0.25) is 5.91 Å². The summed E-state index contributed by atoms with van der Waals surface area (Å²) in [6, 6.07) is 6.40. The summed E-state index contributed by atoms with van der Waals surface area (Å²) in [6.07, 6.45) is 0.768. The van der Waals surface area contributed by atoms with Crippen LogP contribution in [0.3, 0.4) is 0 Å². The number of aliphatic carboxylic acids is 1. The lowest BCUT2D eigenvalue weighted by Crippen LogP contribution is -2.61. The highest BCUT2D eigenvalue weighted by Gasteiger charge is 2.34. The van der Waals surface area contributed by atoms with Gasteiger partial charge in [-0.3, -0.25) is 15.5 Å². The van der Waals surface area contributed by atoms with Crippen molar-refractivity contribution in [1.82, 2.24) is 5.32 Å². The molecule has 9 nitrogen and oxygen atoms in total. The Hall–Kier alpha value is -2.81. The van der Waals surface area contributed by atoms with Crippen molar-refractivity contribution in [2.45, 2.75) is 31.3 Å². The van der Waals surface area contributed by atoms with Crippen LogP contribution in [0.2, 0.25) is 0 Å². The molecule has 0 aliphatic rings. The Morgan fingerprint density at radius 2 is 1.83 bits per heavy atom. The number of carboxylic acid groups (broad SMARTS) is 1. The largest absolute Gasteiger partial charge is 0.508 e. The minimum atomic E-state index is -1.87. The standard InChI is InChI=1S/C15H23N5O4/c16-14(17)19-9-1-8-15(18,13(23)24)20-12(22)7-4-10-2-5-11(21)6-3-10/h2-3,5-6,21H,1,4,7-9,18H2,(H,20,22)(H,23,24)(H4,16,17,19). The van der Waals surface area contributed by atoms with Crippen LogP contribution in [0.15, 0.2) is 29.3 Å². The number of amides is 1. The van der Waals surface area contributed by atoms with Crippen molar-refractivity contribution in [1.29, 1.82) is 0 Å². The van der Waals surface area contributed by atoms with E-state index in [1.54, 1.807) is 12.1 Å². The first-order valence-corrected chi connectivity index (χ1v) is 7.39. The fourth-order valence-corrected chi connectivity index (χ4v) is 2.02. The van der Waals surface area contributed by atoms with Gasteiger partial charge >= 0.3 is 5.97 Å². The molecule has 1 aromatic rings. The Bertz CT molecular complexity index is 598. The van der Waals surface area contributed by atoms with Gasteiger partial charge in [-0.25, -0.2) is 4.79 Å². The van der Waals surface area contributed by atoms with E-state index in [1.807, 2.05) is 0 Å². The molecule has 132 valence electrons. The molecule has 24 heavy (non-hydrogen) atoms. The first-order chi connectivity index (χ1) is 11.2. The number of nitrogens with one attached hydrogen (secondary N) is 1. The third-order valence-corrected chi connectivity index (χ3v) is 3.34. The first-order valence-electron chi connectivity index (χ1n) is 7.39. The van der Waals surface area contributed by atoms with E-state index in [0.29, 0.717) is 12.8 Å². The molecule has 0 heterocycles. The number of rotatable bonds is 9. The summed E-state index contributed by atoms with van der Waals surface area (Å²) >= 11 is 0. The van der Waals surface area contributed by atoms with Gasteiger partial charge in [-0.15, -0.1) is 0 Å². The van der Waals surface area contributed by atoms with Gasteiger partial charge in [-0.1, -0.05) is 12.1 Å². The molecule has 1 aromatic carbocycles. The number of nitrogens with zero attached hydrogens (tertiary/aromatic N) is 1. The quantitative estimate of drug-likeness (QED) is 0.148. The van der Waals surface area contributed by atoms with Crippen LogP contribution in [0.5, 0.6) is 5.75 Å². The summed E-state index contributed by atoms with van der Waals surface area (Å²) in [7, 11) is 0. The Kier molecular flexibility index (Phi) is 6.99. The van der Waals surface area contributed by atoms with Crippen LogP contribution < -0.4 is 22.5 Å². The van der Waals surface area contributed by atoms with Crippen molar-refractivity contribution in [2.75, 3.05) is 6.54 Å². The second kappa shape index (κ2) is 8.73. The maximum atomic E-state index is 12.0. The van der Waals surface area contributed by atoms with Gasteiger partial charge in [0.15, 0.2) is 11.6 Å². The molecule has 0 aliphatic heterocycles. The normalized spacial score (nSPS) is 12.9. The minimum absolute atomic E-state index is 0.00986. The van der Waals surface area contributed by atoms with Crippen molar-refractivity contribution in [2.24, 2.45) is 22.2 Å². The lowest BCUT2D eigenvalue weighted by molar-refractivity contribution is -0.147. The zero-order valence-corrected chi connectivity index (χ0v) is 13.2. The topological polar surface area (TPSA) is 177 Å². The van der Waals surface area contributed by atoms with Gasteiger partial charge in [0.1, 0.15) is 5.75 Å². The molecule has 0 radical (unpaired) electrons. The summed E-state index contributed by atoms with van der Waals surface area (Å²) in [5.74, 6) is -1.76. The number of nitrogens with two attached hydrogens (primary N) is 3. The third-order valence-electron chi connectivity index (χ3n) is 3.34. The second-order valence-electron chi connectivity index (χ2n) is 5.40. The number of benzene rings is 1. The van der Waals surface area contributed by atoms with Crippen molar-refractivity contribution >= 4 is 17.8 Å². The maximum Gasteiger partial charge on any atom is 0.344 e. The molecule has 0 aromatic heterocycles. The molecule has 0 aliphatic carbocycles. The van der Waals surface area contributed by atoms with Crippen molar-refractivity contribution in [3.05, 3.63) is 29.8 Å². The maximum absolute atomic E-state index is 12.0. The van der Waals surface area contributed by atoms with Crippen molar-refractivity contribution in [3.63, 3.8) is 0 Å². The average molecular weight is 337 g/mol. The molecule has 0 saturated carbocycles. The van der Waals surface area contributed by atoms with Crippen LogP contribution >= 0.6 is 0 Å². The van der Waals surface area contributed by atoms with E-state index in [9.17, 15) is 19.8 Å². The Morgan fingerprint density at radius 3 is 2.38 bits per heavy atom. The van der Waals surface area contributed by atoms with Gasteiger partial charge in [0.25, 0.3) is 0 Å². The van der Waals surface area contributed by atoms with Crippen LogP contribution in [0.25, 0.3) is 0 Å². The summed E-state index contributed by atoms with van der Waals surface area (Å²) in [5, 5.41) is 20.8. The number of carboxylic acids is 1. The monoisotopic (exact) mass is 337 g/mol. The van der Waals surface area contributed by atoms with E-state index in [2.05, 4.69) is 10.3 Å². The zero-order chi connectivity index (χ0) is 18.2. The number of phenols is 1. The zero-order valence-electron chi connectivity index (χ0n) is 13.2. The van der Waals surface area contributed by atoms with Crippen LogP contribution in [-0.2, 0) is 16.0 Å². The lowest BCUT2D eigenvalue weighted by atomic mass is 10.0. The highest BCUT2D eigenvalue weighted by atomic mass is 16.4. The van der Waals surface area contributed by atoms with E-state index in [4.69, 9.17) is 17.2 Å². The number of carbonyl (C=O) groups is 2. The molecular formula is C15H23N5O4. The highest BCUT2D eigenvalue weighted by molar-refractivity contribution is 5.86. The summed E-state index contributed by atoms with van der Waals surface area (Å²) in [5.41, 5.74) is 15.1. The number of hydrogen-bond acceptors (Lipinski definition) is 5. The predicted octanol–water partition coefficient (Wildman–Crippen LogP) is -0.766. The number of aryl methyl sites for hydroxylation is 1. The average Bonchev–Trinajstić information content (AvgIpc) is 2.51. The molecule has 9 heteroatoms. The van der Waals surface area contributed by atoms with Crippen LogP contribution in [0, 0.1) is 0 Å². The fourth-order valence-electron chi connectivity index (χ4n) is 2.02. The number of hydrogen-bond donors (Lipinski definition) is 6. The number of phenolic OH excluding ortho intramolecular Hbond substituents is 1. The molecule has 1 rings (SSSR count). The van der Waals surface area contributed by atoms with E-state index < -0.39 is 17.5 Å². The van der Waals surface area contributed by atoms with E-state index in [0.717, 1.165) is 5.56 Å². The lowest BCUT2D eigenvalue weighted by Gasteiger charge is -2.25. The minimum Gasteiger partial charge on any atom is -0.508 e. The number of aliphatic imine (C=N–C) groups is 1. The van der Waals surface area contributed by atoms with Crippen molar-refractivity contribution < 1.29 is 19.8 Å². The molecule has 0 bridgehead atoms. The van der Waals surface area contributed by atoms with E-state index in [-0.39, 0.29) is 31.1 Å². The summed E-state index contributed by atoms with van der Waals surface area (Å²) in [4.78, 5) is 27.1. The number of carbonyl (C=O) groups excluding carboxylic acids is 1. The molecule has 0 saturated heterocycles. The van der Waals surface area contributed by atoms with Crippen LogP contribution in [-0.4, -0.2) is 40.3 Å². The van der Waals surface area contributed by atoms with Gasteiger partial charge in [0, 0.05) is 13.0 Å². The van der Waals surface area contributed by atoms with Gasteiger partial charge < -0.3 is 27.0 Å². The summed E-state index contributed by atoms with van der Waals surface area (Å²) < 4.78 is 0. The molecule has 0 spiro atoms. The van der Waals surface area contributed by atoms with Crippen LogP contribution in [0.1, 0.15) is 24.8 Å². The molecule has 1 atom stereocenters. The van der Waals surface area contributed by atoms with E-state index in [1.165, 1.54) is 12.1 Å². The molecular weight excluding hydrogens is 314 g/mol. The predicted molar refractivity (Wildman–Crippen MR) is 89.0 cm³/mol. The molecule has 9 N–H and O–H groups in total. The Labute approximate surface area is 139 Å². The Morgan fingerprint density at radius 1 is 1.21 bits per heavy atom. The SMILES string of the molecule is NC(N)=NCCCC(N)(NC(=O)CCc1ccc(O)cc1)C(=O)O. The molecule has 0 fully saturated rings. The van der Waals surface area contributed by atoms with E-state index >= 15 is 0 Å². The van der Waals surface area contributed by atoms with Gasteiger partial charge in [-0.05, 0) is 37.0 Å². The van der Waals surface area contributed by atoms with Crippen molar-refractivity contribution in [3.8, 4) is 5.75 Å². The van der Waals surface area contributed by atoms with Gasteiger partial charge in [0.05, 0.1) is 0 Å². The number of guanidine groups is 1. The fraction of sp³-hybridized carbons (Fsp3) is 0.400. The van der Waals surface area contributed by atoms with Crippen LogP contribution in [0.4, 0.5) is 0 Å². The summed E-state index contributed by atoms with van der Waals surface area (Å²) in [6.45, 7) is 0.220. The highest BCUT2D eigenvalue weighted by Crippen LogP contribution is 2.12. The number of aromatic hydroxyl groups is 1. The van der Waals surface area contributed by atoms with Gasteiger partial charge in [-0.2, -0.15) is 0 Å². The first kappa shape index (κ1) is 19.2. The Balaban J connectivity index is 2.53. The smallest absolute Gasteiger partial charge is 0.344 e. The second-order valence-corrected chi connectivity index (χ2v) is 5.40. The molecule has 1 unspecified atom stereocenters. The molecule has 1 amide bonds.